The van der Waals surface area contributed by atoms with Crippen LogP contribution in [0.3, 0.4) is 0 Å². The van der Waals surface area contributed by atoms with Gasteiger partial charge in [0.2, 0.25) is 0 Å². The van der Waals surface area contributed by atoms with Gasteiger partial charge in [0.15, 0.2) is 0 Å². The van der Waals surface area contributed by atoms with Crippen molar-refractivity contribution in [1.29, 1.82) is 0 Å². The van der Waals surface area contributed by atoms with Crippen LogP contribution in [-0.2, 0) is 35.1 Å². The van der Waals surface area contributed by atoms with Gasteiger partial charge < -0.3 is 18.9 Å². The van der Waals surface area contributed by atoms with Crippen molar-refractivity contribution in [3.05, 3.63) is 82.7 Å². The molecule has 0 unspecified atom stereocenters. The van der Waals surface area contributed by atoms with Gasteiger partial charge in [0.25, 0.3) is 0 Å². The number of benzene rings is 2. The van der Waals surface area contributed by atoms with Gasteiger partial charge >= 0.3 is 24.1 Å². The van der Waals surface area contributed by atoms with Crippen molar-refractivity contribution >= 4 is 44.4 Å². The Kier molecular flexibility index (Phi) is 12.5. The number of hydrogen-bond acceptors (Lipinski definition) is 8. The van der Waals surface area contributed by atoms with Crippen LogP contribution in [0.15, 0.2) is 66.0 Å². The molecule has 10 nitrogen and oxygen atoms in total. The smallest absolute Gasteiger partial charge is 0.412 e. The molecule has 2 amide bonds. The lowest BCUT2D eigenvalue weighted by Gasteiger charge is -2.20. The van der Waals surface area contributed by atoms with Gasteiger partial charge in [0.05, 0.1) is 13.7 Å². The minimum Gasteiger partial charge on any atom is -0.464 e. The average molecular weight is 597 g/mol. The molecule has 42 heavy (non-hydrogen) atoms. The van der Waals surface area contributed by atoms with E-state index in [2.05, 4.69) is 30.3 Å². The number of hydrogen-bond donors (Lipinski definition) is 2. The van der Waals surface area contributed by atoms with E-state index >= 15 is 0 Å². The van der Waals surface area contributed by atoms with E-state index in [9.17, 15) is 19.2 Å². The van der Waals surface area contributed by atoms with Gasteiger partial charge in [-0.05, 0) is 55.7 Å². The molecule has 0 heterocycles. The molecule has 2 rings (SSSR count). The standard InChI is InChI=1S/C31H40N2O8Si/c1-31(2,3)41-30(37)33-26(28(35)40-21-24-11-9-8-10-12-24)20-23-15-13-22(14-16-23)19-25(27(34)38-4)32-29(36)39-17-18-42(5,6)7/h8-16,19-20H,17-18,21H2,1-7H3,(H,32,36)(H,33,37)/b25-19+,26-20-. The summed E-state index contributed by atoms with van der Waals surface area (Å²) in [4.78, 5) is 49.9. The van der Waals surface area contributed by atoms with Gasteiger partial charge in [-0.25, -0.2) is 19.2 Å². The van der Waals surface area contributed by atoms with Crippen molar-refractivity contribution in [3.63, 3.8) is 0 Å². The Hall–Kier alpha value is -4.38. The highest BCUT2D eigenvalue weighted by Crippen LogP contribution is 2.15. The molecule has 0 atom stereocenters. The second-order valence-electron chi connectivity index (χ2n) is 11.5. The summed E-state index contributed by atoms with van der Waals surface area (Å²) in [5.74, 6) is -1.50. The molecule has 0 aliphatic rings. The lowest BCUT2D eigenvalue weighted by molar-refractivity contribution is -0.140. The van der Waals surface area contributed by atoms with Crippen LogP contribution in [0.4, 0.5) is 9.59 Å². The number of nitrogens with one attached hydrogen (secondary N) is 2. The zero-order chi connectivity index (χ0) is 31.3. The predicted molar refractivity (Wildman–Crippen MR) is 163 cm³/mol. The summed E-state index contributed by atoms with van der Waals surface area (Å²) in [5, 5.41) is 4.91. The molecule has 0 aliphatic carbocycles. The summed E-state index contributed by atoms with van der Waals surface area (Å²) in [5.41, 5.74) is 0.894. The molecule has 2 aromatic rings. The van der Waals surface area contributed by atoms with Gasteiger partial charge in [0.1, 0.15) is 23.6 Å². The molecule has 0 aromatic heterocycles. The SMILES string of the molecule is COC(=O)/C(=C\c1ccc(/C=C(\NC(=O)OC(C)(C)C)C(=O)OCc2ccccc2)cc1)NC(=O)OCC[Si](C)(C)C. The monoisotopic (exact) mass is 596 g/mol. The Bertz CT molecular complexity index is 1290. The first-order valence-corrected chi connectivity index (χ1v) is 17.1. The van der Waals surface area contributed by atoms with Crippen LogP contribution in [-0.4, -0.2) is 51.5 Å². The van der Waals surface area contributed by atoms with Gasteiger partial charge in [-0.3, -0.25) is 10.6 Å². The lowest BCUT2D eigenvalue weighted by Crippen LogP contribution is -2.34. The van der Waals surface area contributed by atoms with E-state index in [4.69, 9.17) is 18.9 Å². The van der Waals surface area contributed by atoms with E-state index in [0.29, 0.717) is 11.1 Å². The second kappa shape index (κ2) is 15.6. The molecule has 0 radical (unpaired) electrons. The topological polar surface area (TPSA) is 129 Å². The lowest BCUT2D eigenvalue weighted by atomic mass is 10.1. The molecule has 11 heteroatoms. The summed E-state index contributed by atoms with van der Waals surface area (Å²) in [6.07, 6.45) is 1.32. The van der Waals surface area contributed by atoms with Crippen LogP contribution in [0.5, 0.6) is 0 Å². The molecule has 2 N–H and O–H groups in total. The fourth-order valence-electron chi connectivity index (χ4n) is 3.23. The molecular weight excluding hydrogens is 556 g/mol. The van der Waals surface area contributed by atoms with Gasteiger partial charge in [-0.1, -0.05) is 74.2 Å². The van der Waals surface area contributed by atoms with Crippen LogP contribution >= 0.6 is 0 Å². The minimum atomic E-state index is -1.39. The van der Waals surface area contributed by atoms with Gasteiger partial charge in [0, 0.05) is 8.07 Å². The van der Waals surface area contributed by atoms with E-state index in [1.807, 2.05) is 30.3 Å². The first kappa shape index (κ1) is 33.8. The Balaban J connectivity index is 2.23. The fourth-order valence-corrected chi connectivity index (χ4v) is 3.95. The Morgan fingerprint density at radius 2 is 1.29 bits per heavy atom. The van der Waals surface area contributed by atoms with Crippen molar-refractivity contribution in [2.24, 2.45) is 0 Å². The van der Waals surface area contributed by atoms with Crippen LogP contribution < -0.4 is 10.6 Å². The first-order valence-electron chi connectivity index (χ1n) is 13.4. The average Bonchev–Trinajstić information content (AvgIpc) is 2.90. The minimum absolute atomic E-state index is 0.0145. The summed E-state index contributed by atoms with van der Waals surface area (Å²) in [6.45, 7) is 11.9. The third-order valence-electron chi connectivity index (χ3n) is 5.35. The molecule has 226 valence electrons. The quantitative estimate of drug-likeness (QED) is 0.143. The molecule has 0 fully saturated rings. The van der Waals surface area contributed by atoms with Crippen molar-refractivity contribution < 1.29 is 38.1 Å². The number of esters is 2. The second-order valence-corrected chi connectivity index (χ2v) is 17.2. The highest BCUT2D eigenvalue weighted by molar-refractivity contribution is 6.76. The number of methoxy groups -OCH3 is 1. The summed E-state index contributed by atoms with van der Waals surface area (Å²) < 4.78 is 20.7. The van der Waals surface area contributed by atoms with Crippen LogP contribution in [0, 0.1) is 0 Å². The number of rotatable bonds is 11. The predicted octanol–water partition coefficient (Wildman–Crippen LogP) is 5.87. The number of carbonyl (C=O) groups is 4. The molecular formula is C31H40N2O8Si. The molecule has 0 bridgehead atoms. The summed E-state index contributed by atoms with van der Waals surface area (Å²) in [7, 11) is -0.187. The molecule has 0 aliphatic heterocycles. The van der Waals surface area contributed by atoms with Crippen LogP contribution in [0.25, 0.3) is 12.2 Å². The molecule has 0 spiro atoms. The van der Waals surface area contributed by atoms with Crippen molar-refractivity contribution in [2.45, 2.75) is 58.7 Å². The maximum Gasteiger partial charge on any atom is 0.412 e. The van der Waals surface area contributed by atoms with Gasteiger partial charge in [-0.15, -0.1) is 0 Å². The Labute approximate surface area is 248 Å². The molecule has 2 aromatic carbocycles. The summed E-state index contributed by atoms with van der Waals surface area (Å²) >= 11 is 0. The molecule has 0 saturated heterocycles. The fraction of sp³-hybridized carbons (Fsp3) is 0.355. The van der Waals surface area contributed by atoms with Crippen molar-refractivity contribution in [3.8, 4) is 0 Å². The first-order chi connectivity index (χ1) is 19.6. The maximum atomic E-state index is 12.9. The maximum absolute atomic E-state index is 12.9. The van der Waals surface area contributed by atoms with E-state index < -0.39 is 37.8 Å². The molecule has 0 saturated carbocycles. The third-order valence-corrected chi connectivity index (χ3v) is 7.06. The van der Waals surface area contributed by atoms with Crippen LogP contribution in [0.1, 0.15) is 37.5 Å². The van der Waals surface area contributed by atoms with E-state index in [1.54, 1.807) is 45.0 Å². The number of amides is 2. The van der Waals surface area contributed by atoms with Crippen molar-refractivity contribution in [1.82, 2.24) is 10.6 Å². The Morgan fingerprint density at radius 3 is 1.79 bits per heavy atom. The zero-order valence-electron chi connectivity index (χ0n) is 25.2. The largest absolute Gasteiger partial charge is 0.464 e. The third kappa shape index (κ3) is 13.3. The number of alkyl carbamates (subject to hydrolysis) is 2. The Morgan fingerprint density at radius 1 is 0.762 bits per heavy atom. The summed E-state index contributed by atoms with van der Waals surface area (Å²) in [6, 6.07) is 16.6. The zero-order valence-corrected chi connectivity index (χ0v) is 26.2. The number of ether oxygens (including phenoxy) is 4. The van der Waals surface area contributed by atoms with E-state index in [-0.39, 0.29) is 24.6 Å². The number of carbonyl (C=O) groups excluding carboxylic acids is 4. The van der Waals surface area contributed by atoms with E-state index in [1.165, 1.54) is 19.3 Å². The van der Waals surface area contributed by atoms with Crippen LogP contribution in [0.2, 0.25) is 25.7 Å². The van der Waals surface area contributed by atoms with E-state index in [0.717, 1.165) is 11.6 Å². The normalized spacial score (nSPS) is 12.2. The van der Waals surface area contributed by atoms with Crippen molar-refractivity contribution in [2.75, 3.05) is 13.7 Å². The van der Waals surface area contributed by atoms with Gasteiger partial charge in [-0.2, -0.15) is 0 Å². The highest BCUT2D eigenvalue weighted by Gasteiger charge is 2.21. The highest BCUT2D eigenvalue weighted by atomic mass is 28.3.